The molecule has 7 nitrogen and oxygen atoms in total. The van der Waals surface area contributed by atoms with Crippen LogP contribution in [0.3, 0.4) is 0 Å². The van der Waals surface area contributed by atoms with Crippen molar-refractivity contribution in [3.05, 3.63) is 30.1 Å². The topological polar surface area (TPSA) is 81.1 Å². The summed E-state index contributed by atoms with van der Waals surface area (Å²) in [5.41, 5.74) is 0.795. The van der Waals surface area contributed by atoms with Crippen LogP contribution in [0.2, 0.25) is 0 Å². The van der Waals surface area contributed by atoms with Gasteiger partial charge in [-0.3, -0.25) is 10.2 Å². The standard InChI is InChI=1S/C13H17N5O2S2/c1-13(2)10(18(20)11(19)14-3)17(12(21)22-13)16-8-9-5-4-6-15-7-9/h4-8,10,20H,1-3H3,(H,14,19). The minimum atomic E-state index is -0.710. The van der Waals surface area contributed by atoms with E-state index in [2.05, 4.69) is 15.4 Å². The van der Waals surface area contributed by atoms with Gasteiger partial charge in [-0.25, -0.2) is 9.80 Å². The van der Waals surface area contributed by atoms with Crippen LogP contribution in [0.15, 0.2) is 29.6 Å². The Bertz CT molecular complexity index is 593. The number of hydrazone groups is 1. The molecule has 0 aromatic carbocycles. The maximum Gasteiger partial charge on any atom is 0.343 e. The smallest absolute Gasteiger partial charge is 0.339 e. The van der Waals surface area contributed by atoms with Crippen LogP contribution in [-0.2, 0) is 0 Å². The van der Waals surface area contributed by atoms with E-state index in [1.165, 1.54) is 23.8 Å². The van der Waals surface area contributed by atoms with E-state index < -0.39 is 16.9 Å². The van der Waals surface area contributed by atoms with Crippen LogP contribution in [0, 0.1) is 0 Å². The van der Waals surface area contributed by atoms with Crippen molar-refractivity contribution >= 4 is 40.5 Å². The molecule has 1 saturated heterocycles. The maximum atomic E-state index is 11.7. The molecule has 22 heavy (non-hydrogen) atoms. The number of hydroxylamine groups is 2. The first-order valence-electron chi connectivity index (χ1n) is 6.53. The van der Waals surface area contributed by atoms with Gasteiger partial charge in [-0.1, -0.05) is 30.0 Å². The predicted octanol–water partition coefficient (Wildman–Crippen LogP) is 1.88. The van der Waals surface area contributed by atoms with Crippen LogP contribution in [0.5, 0.6) is 0 Å². The van der Waals surface area contributed by atoms with Gasteiger partial charge in [-0.05, 0) is 19.9 Å². The third-order valence-corrected chi connectivity index (χ3v) is 4.60. The lowest BCUT2D eigenvalue weighted by molar-refractivity contribution is -0.117. The average molecular weight is 339 g/mol. The summed E-state index contributed by atoms with van der Waals surface area (Å²) in [6.45, 7) is 3.78. The highest BCUT2D eigenvalue weighted by Gasteiger charge is 2.49. The van der Waals surface area contributed by atoms with Crippen molar-refractivity contribution in [1.29, 1.82) is 0 Å². The van der Waals surface area contributed by atoms with E-state index in [0.717, 1.165) is 5.56 Å². The minimum absolute atomic E-state index is 0.484. The minimum Gasteiger partial charge on any atom is -0.339 e. The molecule has 2 amide bonds. The first kappa shape index (κ1) is 16.7. The number of hydrogen-bond acceptors (Lipinski definition) is 6. The van der Waals surface area contributed by atoms with Crippen molar-refractivity contribution in [1.82, 2.24) is 20.4 Å². The Kier molecular flexibility index (Phi) is 4.99. The summed E-state index contributed by atoms with van der Waals surface area (Å²) in [7, 11) is 1.45. The normalized spacial score (nSPS) is 20.5. The van der Waals surface area contributed by atoms with E-state index in [4.69, 9.17) is 12.2 Å². The molecule has 0 aliphatic carbocycles. The molecule has 1 unspecified atom stereocenters. The van der Waals surface area contributed by atoms with Crippen LogP contribution < -0.4 is 5.32 Å². The van der Waals surface area contributed by atoms with Gasteiger partial charge < -0.3 is 5.32 Å². The highest BCUT2D eigenvalue weighted by molar-refractivity contribution is 8.24. The lowest BCUT2D eigenvalue weighted by Gasteiger charge is -2.33. The fraction of sp³-hybridized carbons (Fsp3) is 0.385. The van der Waals surface area contributed by atoms with Gasteiger partial charge in [-0.15, -0.1) is 0 Å². The van der Waals surface area contributed by atoms with Gasteiger partial charge >= 0.3 is 6.03 Å². The molecule has 2 rings (SSSR count). The first-order chi connectivity index (χ1) is 10.4. The van der Waals surface area contributed by atoms with Crippen molar-refractivity contribution in [3.63, 3.8) is 0 Å². The quantitative estimate of drug-likeness (QED) is 0.379. The molecule has 0 bridgehead atoms. The number of hydrogen-bond donors (Lipinski definition) is 2. The van der Waals surface area contributed by atoms with Gasteiger partial charge in [0, 0.05) is 25.0 Å². The summed E-state index contributed by atoms with van der Waals surface area (Å²) in [5.74, 6) is 0. The van der Waals surface area contributed by atoms with E-state index in [-0.39, 0.29) is 0 Å². The van der Waals surface area contributed by atoms with Gasteiger partial charge in [0.15, 0.2) is 10.5 Å². The molecule has 0 spiro atoms. The number of carbonyl (C=O) groups is 1. The number of thiocarbonyl (C=S) groups is 1. The van der Waals surface area contributed by atoms with Gasteiger partial charge in [0.05, 0.1) is 11.0 Å². The number of aromatic nitrogens is 1. The largest absolute Gasteiger partial charge is 0.343 e. The molecular formula is C13H17N5O2S2. The summed E-state index contributed by atoms with van der Waals surface area (Å²) in [4.78, 5) is 15.7. The van der Waals surface area contributed by atoms with E-state index in [1.54, 1.807) is 24.7 Å². The average Bonchev–Trinajstić information content (AvgIpc) is 2.73. The van der Waals surface area contributed by atoms with Crippen LogP contribution >= 0.6 is 24.0 Å². The lowest BCUT2D eigenvalue weighted by atomic mass is 10.1. The molecule has 0 saturated carbocycles. The van der Waals surface area contributed by atoms with E-state index in [1.807, 2.05) is 19.9 Å². The Hall–Kier alpha value is -1.71. The number of thioether (sulfide) groups is 1. The lowest BCUT2D eigenvalue weighted by Crippen LogP contribution is -2.55. The number of pyridine rings is 1. The number of carbonyl (C=O) groups excluding carboxylic acids is 1. The van der Waals surface area contributed by atoms with Gasteiger partial charge in [0.25, 0.3) is 0 Å². The molecule has 2 N–H and O–H groups in total. The SMILES string of the molecule is CNC(=O)N(O)C1N(N=Cc2cccnc2)C(=S)SC1(C)C. The van der Waals surface area contributed by atoms with Gasteiger partial charge in [0.2, 0.25) is 0 Å². The van der Waals surface area contributed by atoms with Crippen LogP contribution in [-0.4, -0.2) is 54.8 Å². The number of amides is 2. The third kappa shape index (κ3) is 3.37. The van der Waals surface area contributed by atoms with Crippen molar-refractivity contribution in [2.75, 3.05) is 7.05 Å². The predicted molar refractivity (Wildman–Crippen MR) is 89.8 cm³/mol. The Morgan fingerprint density at radius 3 is 3.00 bits per heavy atom. The van der Waals surface area contributed by atoms with Crippen molar-refractivity contribution < 1.29 is 10.0 Å². The second-order valence-electron chi connectivity index (χ2n) is 5.12. The highest BCUT2D eigenvalue weighted by atomic mass is 32.2. The summed E-state index contributed by atoms with van der Waals surface area (Å²) in [6.07, 6.45) is 4.20. The molecule has 1 aliphatic rings. The molecule has 1 fully saturated rings. The third-order valence-electron chi connectivity index (χ3n) is 3.06. The Balaban J connectivity index is 2.28. The zero-order chi connectivity index (χ0) is 16.3. The van der Waals surface area contributed by atoms with Crippen molar-refractivity contribution in [2.45, 2.75) is 24.8 Å². The number of rotatable bonds is 3. The summed E-state index contributed by atoms with van der Waals surface area (Å²) in [5, 5.41) is 18.9. The van der Waals surface area contributed by atoms with E-state index in [0.29, 0.717) is 9.38 Å². The fourth-order valence-electron chi connectivity index (χ4n) is 2.03. The van der Waals surface area contributed by atoms with Crippen LogP contribution in [0.1, 0.15) is 19.4 Å². The highest BCUT2D eigenvalue weighted by Crippen LogP contribution is 2.42. The van der Waals surface area contributed by atoms with Gasteiger partial charge in [0.1, 0.15) is 0 Å². The molecule has 1 aromatic heterocycles. The summed E-state index contributed by atoms with van der Waals surface area (Å²) >= 11 is 6.69. The van der Waals surface area contributed by atoms with Crippen molar-refractivity contribution in [2.24, 2.45) is 5.10 Å². The monoisotopic (exact) mass is 339 g/mol. The summed E-state index contributed by atoms with van der Waals surface area (Å²) < 4.78 is -0.0250. The molecule has 1 aromatic rings. The molecule has 0 radical (unpaired) electrons. The number of nitrogens with one attached hydrogen (secondary N) is 1. The Morgan fingerprint density at radius 1 is 1.68 bits per heavy atom. The molecule has 1 aliphatic heterocycles. The molecule has 9 heteroatoms. The molecule has 2 heterocycles. The second kappa shape index (κ2) is 6.59. The van der Waals surface area contributed by atoms with E-state index >= 15 is 0 Å². The zero-order valence-electron chi connectivity index (χ0n) is 12.4. The Labute approximate surface area is 138 Å². The molecular weight excluding hydrogens is 322 g/mol. The van der Waals surface area contributed by atoms with Crippen LogP contribution in [0.25, 0.3) is 0 Å². The molecule has 1 atom stereocenters. The molecule has 118 valence electrons. The van der Waals surface area contributed by atoms with E-state index in [9.17, 15) is 10.0 Å². The first-order valence-corrected chi connectivity index (χ1v) is 7.75. The van der Waals surface area contributed by atoms with Crippen LogP contribution in [0.4, 0.5) is 4.79 Å². The number of nitrogens with zero attached hydrogens (tertiary/aromatic N) is 4. The number of urea groups is 1. The zero-order valence-corrected chi connectivity index (χ0v) is 14.1. The maximum absolute atomic E-state index is 11.7. The fourth-order valence-corrected chi connectivity index (χ4v) is 3.82. The second-order valence-corrected chi connectivity index (χ2v) is 7.41. The van der Waals surface area contributed by atoms with Gasteiger partial charge in [-0.2, -0.15) is 10.2 Å². The van der Waals surface area contributed by atoms with Crippen molar-refractivity contribution in [3.8, 4) is 0 Å². The summed E-state index contributed by atoms with van der Waals surface area (Å²) in [6, 6.07) is 3.02. The Morgan fingerprint density at radius 2 is 2.41 bits per heavy atom.